The SMILES string of the molecule is [B]C([B])(C/C=C/C(=O)N(C)C)C(OC(=O)N(C)C)C(=O)Nc1cccn(Cc2cc3cc(F)cc(OCc4ccc(F)cc4F)c3[nH]2)c1=O. The molecule has 49 heavy (non-hydrogen) atoms. The van der Waals surface area contributed by atoms with Gasteiger partial charge in [0.25, 0.3) is 11.5 Å². The molecule has 252 valence electrons. The molecule has 0 aliphatic carbocycles. The largest absolute Gasteiger partial charge is 0.486 e. The predicted octanol–water partition coefficient (Wildman–Crippen LogP) is 3.87. The van der Waals surface area contributed by atoms with Gasteiger partial charge in [-0.25, -0.2) is 18.0 Å². The highest BCUT2D eigenvalue weighted by Gasteiger charge is 2.37. The molecule has 0 saturated heterocycles. The fraction of sp³-hybridized carbons (Fsp3) is 0.273. The molecule has 1 atom stereocenters. The highest BCUT2D eigenvalue weighted by Crippen LogP contribution is 2.31. The van der Waals surface area contributed by atoms with E-state index in [4.69, 9.17) is 25.2 Å². The average Bonchev–Trinajstić information content (AvgIpc) is 3.42. The fourth-order valence-corrected chi connectivity index (χ4v) is 4.60. The Morgan fingerprint density at radius 3 is 2.43 bits per heavy atom. The van der Waals surface area contributed by atoms with E-state index in [9.17, 15) is 32.3 Å². The van der Waals surface area contributed by atoms with E-state index in [1.807, 2.05) is 0 Å². The number of benzene rings is 2. The minimum atomic E-state index is -1.99. The van der Waals surface area contributed by atoms with Crippen LogP contribution in [0.4, 0.5) is 23.7 Å². The molecule has 2 aromatic carbocycles. The number of anilines is 1. The zero-order chi connectivity index (χ0) is 36.0. The van der Waals surface area contributed by atoms with Crippen LogP contribution in [-0.4, -0.2) is 87.2 Å². The number of nitrogens with zero attached hydrogens (tertiary/aromatic N) is 3. The third-order valence-electron chi connectivity index (χ3n) is 7.21. The van der Waals surface area contributed by atoms with Gasteiger partial charge in [0.2, 0.25) is 5.91 Å². The number of nitrogens with one attached hydrogen (secondary N) is 2. The summed E-state index contributed by atoms with van der Waals surface area (Å²) in [7, 11) is 18.3. The molecule has 0 fully saturated rings. The number of H-pyrrole nitrogens is 1. The molecule has 0 aliphatic heterocycles. The molecule has 16 heteroatoms. The molecule has 0 bridgehead atoms. The zero-order valence-corrected chi connectivity index (χ0v) is 27.1. The summed E-state index contributed by atoms with van der Waals surface area (Å²) in [4.78, 5) is 56.6. The number of hydrogen-bond acceptors (Lipinski definition) is 6. The number of pyridine rings is 1. The number of aromatic amines is 1. The fourth-order valence-electron chi connectivity index (χ4n) is 4.60. The van der Waals surface area contributed by atoms with Crippen LogP contribution in [0.3, 0.4) is 0 Å². The van der Waals surface area contributed by atoms with Gasteiger partial charge in [-0.05, 0) is 48.9 Å². The van der Waals surface area contributed by atoms with Gasteiger partial charge in [-0.15, -0.1) is 0 Å². The van der Waals surface area contributed by atoms with Crippen molar-refractivity contribution in [2.75, 3.05) is 33.5 Å². The number of halogens is 3. The van der Waals surface area contributed by atoms with Crippen LogP contribution < -0.4 is 15.6 Å². The summed E-state index contributed by atoms with van der Waals surface area (Å²) in [5.41, 5.74) is 0.0271. The van der Waals surface area contributed by atoms with E-state index in [2.05, 4.69) is 10.3 Å². The van der Waals surface area contributed by atoms with E-state index in [1.54, 1.807) is 6.07 Å². The van der Waals surface area contributed by atoms with Crippen molar-refractivity contribution >= 4 is 50.2 Å². The second-order valence-corrected chi connectivity index (χ2v) is 11.6. The molecule has 11 nitrogen and oxygen atoms in total. The van der Waals surface area contributed by atoms with Crippen molar-refractivity contribution < 1.29 is 37.0 Å². The maximum atomic E-state index is 14.5. The summed E-state index contributed by atoms with van der Waals surface area (Å²) in [6, 6.07) is 9.77. The lowest BCUT2D eigenvalue weighted by Crippen LogP contribution is -2.45. The van der Waals surface area contributed by atoms with Crippen molar-refractivity contribution in [3.05, 3.63) is 106 Å². The van der Waals surface area contributed by atoms with Crippen LogP contribution in [0.2, 0.25) is 5.21 Å². The van der Waals surface area contributed by atoms with E-state index >= 15 is 0 Å². The molecule has 1 unspecified atom stereocenters. The van der Waals surface area contributed by atoms with E-state index < -0.39 is 46.3 Å². The summed E-state index contributed by atoms with van der Waals surface area (Å²) >= 11 is 0. The van der Waals surface area contributed by atoms with Crippen molar-refractivity contribution in [2.45, 2.75) is 30.9 Å². The summed E-state index contributed by atoms with van der Waals surface area (Å²) in [6.45, 7) is -0.366. The molecule has 2 N–H and O–H groups in total. The van der Waals surface area contributed by atoms with Crippen LogP contribution in [0.25, 0.3) is 10.9 Å². The number of ether oxygens (including phenoxy) is 2. The average molecular weight is 673 g/mol. The molecule has 4 radical (unpaired) electrons. The quantitative estimate of drug-likeness (QED) is 0.174. The molecule has 0 saturated carbocycles. The Labute approximate surface area is 282 Å². The van der Waals surface area contributed by atoms with Crippen LogP contribution in [0.5, 0.6) is 5.75 Å². The third-order valence-corrected chi connectivity index (χ3v) is 7.21. The second-order valence-electron chi connectivity index (χ2n) is 11.6. The van der Waals surface area contributed by atoms with Gasteiger partial charge in [0.05, 0.1) is 27.8 Å². The molecular formula is C33H32B2F3N5O6. The maximum Gasteiger partial charge on any atom is 0.409 e. The van der Waals surface area contributed by atoms with Crippen LogP contribution in [0.1, 0.15) is 17.7 Å². The minimum absolute atomic E-state index is 0.0598. The summed E-state index contributed by atoms with van der Waals surface area (Å²) in [6.07, 6.45) is 1.01. The lowest BCUT2D eigenvalue weighted by Gasteiger charge is -2.33. The highest BCUT2D eigenvalue weighted by atomic mass is 19.1. The van der Waals surface area contributed by atoms with Gasteiger partial charge in [0, 0.05) is 63.2 Å². The van der Waals surface area contributed by atoms with Crippen molar-refractivity contribution in [1.82, 2.24) is 19.4 Å². The molecule has 2 heterocycles. The maximum absolute atomic E-state index is 14.5. The van der Waals surface area contributed by atoms with Crippen LogP contribution in [0, 0.1) is 17.5 Å². The monoisotopic (exact) mass is 673 g/mol. The van der Waals surface area contributed by atoms with Gasteiger partial charge >= 0.3 is 6.09 Å². The van der Waals surface area contributed by atoms with Crippen LogP contribution in [-0.2, 0) is 27.5 Å². The summed E-state index contributed by atoms with van der Waals surface area (Å²) in [5.74, 6) is -3.49. The van der Waals surface area contributed by atoms with Crippen LogP contribution in [0.15, 0.2) is 71.7 Å². The molecule has 4 aromatic rings. The normalized spacial score (nSPS) is 12.1. The lowest BCUT2D eigenvalue weighted by molar-refractivity contribution is -0.125. The summed E-state index contributed by atoms with van der Waals surface area (Å²) in [5, 5.41) is 0.834. The van der Waals surface area contributed by atoms with E-state index in [0.717, 1.165) is 17.0 Å². The number of likely N-dealkylation sites (N-methyl/N-ethyl adjacent to an activating group) is 1. The van der Waals surface area contributed by atoms with Gasteiger partial charge in [0.1, 0.15) is 35.5 Å². The van der Waals surface area contributed by atoms with Crippen molar-refractivity contribution in [3.63, 3.8) is 0 Å². The van der Waals surface area contributed by atoms with Crippen molar-refractivity contribution in [2.24, 2.45) is 0 Å². The molecular weight excluding hydrogens is 641 g/mol. The standard InChI is InChI=1S/C33H32B2F3N5O6/c1-41(2)27(44)8-5-11-33(34,35)29(49-32(47)42(3)4)30(45)40-25-7-6-12-43(31(25)46)17-23-14-20-13-22(37)16-26(28(20)39-23)48-18-19-9-10-21(36)15-24(19)38/h5-10,12-16,29,39H,11,17-18H2,1-4H3,(H,40,45)/b8-5+. The van der Waals surface area contributed by atoms with E-state index in [1.165, 1.54) is 80.3 Å². The minimum Gasteiger partial charge on any atom is -0.486 e. The number of aromatic nitrogens is 2. The second kappa shape index (κ2) is 15.2. The Hall–Kier alpha value is -5.40. The Morgan fingerprint density at radius 1 is 1.02 bits per heavy atom. The first-order valence-corrected chi connectivity index (χ1v) is 14.8. The van der Waals surface area contributed by atoms with Crippen LogP contribution >= 0.6 is 0 Å². The van der Waals surface area contributed by atoms with Gasteiger partial charge in [-0.1, -0.05) is 11.3 Å². The Balaban J connectivity index is 1.56. The Kier molecular flexibility index (Phi) is 11.3. The first-order chi connectivity index (χ1) is 23.0. The number of carbonyl (C=O) groups is 3. The molecule has 3 amide bonds. The van der Waals surface area contributed by atoms with Crippen molar-refractivity contribution in [1.29, 1.82) is 0 Å². The lowest BCUT2D eigenvalue weighted by atomic mass is 9.49. The molecule has 4 rings (SSSR count). The first-order valence-electron chi connectivity index (χ1n) is 14.8. The van der Waals surface area contributed by atoms with E-state index in [0.29, 0.717) is 22.7 Å². The third kappa shape index (κ3) is 9.15. The first kappa shape index (κ1) is 36.4. The highest BCUT2D eigenvalue weighted by molar-refractivity contribution is 6.42. The topological polar surface area (TPSA) is 126 Å². The number of hydrogen-bond donors (Lipinski definition) is 2. The van der Waals surface area contributed by atoms with Gasteiger partial charge in [-0.3, -0.25) is 14.4 Å². The van der Waals surface area contributed by atoms with Gasteiger partial charge in [-0.2, -0.15) is 0 Å². The number of allylic oxidation sites excluding steroid dienone is 1. The molecule has 0 aliphatic rings. The predicted molar refractivity (Wildman–Crippen MR) is 178 cm³/mol. The number of rotatable bonds is 12. The van der Waals surface area contributed by atoms with Gasteiger partial charge in [0.15, 0.2) is 6.10 Å². The van der Waals surface area contributed by atoms with E-state index in [-0.39, 0.29) is 42.5 Å². The number of amides is 3. The molecule has 0 spiro atoms. The number of fused-ring (bicyclic) bond motifs is 1. The Morgan fingerprint density at radius 2 is 1.76 bits per heavy atom. The Bertz CT molecular complexity index is 1960. The zero-order valence-electron chi connectivity index (χ0n) is 27.1. The molecule has 2 aromatic heterocycles. The smallest absolute Gasteiger partial charge is 0.409 e. The number of carbonyl (C=O) groups excluding carboxylic acids is 3. The van der Waals surface area contributed by atoms with Crippen molar-refractivity contribution in [3.8, 4) is 5.75 Å². The van der Waals surface area contributed by atoms with Gasteiger partial charge < -0.3 is 34.1 Å². The summed E-state index contributed by atoms with van der Waals surface area (Å²) < 4.78 is 54.1.